The highest BCUT2D eigenvalue weighted by Crippen LogP contribution is 2.23. The molecule has 1 amide bonds. The molecule has 0 radical (unpaired) electrons. The van der Waals surface area contributed by atoms with Crippen LogP contribution in [0.25, 0.3) is 11.1 Å². The van der Waals surface area contributed by atoms with Crippen LogP contribution in [0.2, 0.25) is 0 Å². The number of sulfonamides is 1. The van der Waals surface area contributed by atoms with Crippen LogP contribution in [0.3, 0.4) is 0 Å². The topological polar surface area (TPSA) is 92.8 Å². The van der Waals surface area contributed by atoms with Crippen LogP contribution in [0, 0.1) is 13.8 Å². The van der Waals surface area contributed by atoms with Gasteiger partial charge in [0.1, 0.15) is 0 Å². The molecule has 158 valence electrons. The summed E-state index contributed by atoms with van der Waals surface area (Å²) < 4.78 is 33.9. The molecule has 4 rings (SSSR count). The monoisotopic (exact) mass is 429 g/mol. The molecule has 1 aliphatic heterocycles. The van der Waals surface area contributed by atoms with Crippen LogP contribution < -0.4 is 5.76 Å². The first-order chi connectivity index (χ1) is 14.2. The van der Waals surface area contributed by atoms with Gasteiger partial charge in [-0.3, -0.25) is 9.36 Å². The zero-order valence-corrected chi connectivity index (χ0v) is 17.9. The zero-order chi connectivity index (χ0) is 21.6. The number of benzene rings is 2. The van der Waals surface area contributed by atoms with Crippen molar-refractivity contribution < 1.29 is 17.6 Å². The van der Waals surface area contributed by atoms with E-state index in [1.807, 2.05) is 32.0 Å². The van der Waals surface area contributed by atoms with E-state index in [0.717, 1.165) is 11.1 Å². The van der Waals surface area contributed by atoms with Crippen LogP contribution >= 0.6 is 0 Å². The average molecular weight is 429 g/mol. The summed E-state index contributed by atoms with van der Waals surface area (Å²) in [5, 5.41) is 0. The summed E-state index contributed by atoms with van der Waals surface area (Å²) in [7, 11) is -2.20. The highest BCUT2D eigenvalue weighted by molar-refractivity contribution is 7.89. The Kier molecular flexibility index (Phi) is 5.03. The Bertz CT molecular complexity index is 1300. The number of oxazole rings is 1. The van der Waals surface area contributed by atoms with Crippen LogP contribution in [-0.4, -0.2) is 54.3 Å². The van der Waals surface area contributed by atoms with E-state index in [1.54, 1.807) is 18.0 Å². The summed E-state index contributed by atoms with van der Waals surface area (Å²) >= 11 is 0. The molecule has 0 unspecified atom stereocenters. The number of hydrogen-bond acceptors (Lipinski definition) is 5. The van der Waals surface area contributed by atoms with Crippen LogP contribution in [0.5, 0.6) is 0 Å². The highest BCUT2D eigenvalue weighted by atomic mass is 32.2. The van der Waals surface area contributed by atoms with Crippen molar-refractivity contribution in [1.82, 2.24) is 13.8 Å². The van der Waals surface area contributed by atoms with Gasteiger partial charge < -0.3 is 9.32 Å². The number of piperazine rings is 1. The number of fused-ring (bicyclic) bond motifs is 1. The summed E-state index contributed by atoms with van der Waals surface area (Å²) in [4.78, 5) is 26.3. The van der Waals surface area contributed by atoms with Crippen LogP contribution in [-0.2, 0) is 17.1 Å². The van der Waals surface area contributed by atoms with Gasteiger partial charge in [-0.15, -0.1) is 0 Å². The minimum absolute atomic E-state index is 0.0681. The second kappa shape index (κ2) is 7.41. The third-order valence-electron chi connectivity index (χ3n) is 5.54. The molecule has 9 heteroatoms. The predicted octanol–water partition coefficient (Wildman–Crippen LogP) is 1.90. The summed E-state index contributed by atoms with van der Waals surface area (Å²) in [5.74, 6) is -0.630. The van der Waals surface area contributed by atoms with Gasteiger partial charge in [0.05, 0.1) is 10.4 Å². The van der Waals surface area contributed by atoms with E-state index >= 15 is 0 Å². The van der Waals surface area contributed by atoms with E-state index in [0.29, 0.717) is 24.2 Å². The van der Waals surface area contributed by atoms with Crippen molar-refractivity contribution in [3.8, 4) is 0 Å². The quantitative estimate of drug-likeness (QED) is 0.634. The summed E-state index contributed by atoms with van der Waals surface area (Å²) in [6.45, 7) is 4.91. The third kappa shape index (κ3) is 3.44. The number of aromatic nitrogens is 1. The Labute approximate surface area is 174 Å². The van der Waals surface area contributed by atoms with Crippen molar-refractivity contribution in [3.63, 3.8) is 0 Å². The Morgan fingerprint density at radius 3 is 2.37 bits per heavy atom. The Hall–Kier alpha value is -2.91. The third-order valence-corrected chi connectivity index (χ3v) is 7.43. The van der Waals surface area contributed by atoms with E-state index in [-0.39, 0.29) is 29.5 Å². The Morgan fingerprint density at radius 2 is 1.70 bits per heavy atom. The van der Waals surface area contributed by atoms with Gasteiger partial charge in [-0.05, 0) is 37.6 Å². The molecule has 1 aromatic heterocycles. The molecule has 2 heterocycles. The molecule has 0 atom stereocenters. The van der Waals surface area contributed by atoms with Gasteiger partial charge in [0.2, 0.25) is 10.0 Å². The maximum atomic E-state index is 13.1. The number of rotatable bonds is 3. The number of aryl methyl sites for hydroxylation is 3. The lowest BCUT2D eigenvalue weighted by Crippen LogP contribution is -2.50. The molecule has 0 bridgehead atoms. The summed E-state index contributed by atoms with van der Waals surface area (Å²) in [5.41, 5.74) is 3.40. The van der Waals surface area contributed by atoms with Gasteiger partial charge in [-0.1, -0.05) is 17.7 Å². The molecule has 30 heavy (non-hydrogen) atoms. The zero-order valence-electron chi connectivity index (χ0n) is 17.1. The molecule has 1 fully saturated rings. The lowest BCUT2D eigenvalue weighted by atomic mass is 10.0. The molecule has 0 aliphatic carbocycles. The maximum Gasteiger partial charge on any atom is 0.419 e. The highest BCUT2D eigenvalue weighted by Gasteiger charge is 2.31. The number of carbonyl (C=O) groups is 1. The number of amides is 1. The average Bonchev–Trinajstić information content (AvgIpc) is 3.01. The molecule has 1 aliphatic rings. The van der Waals surface area contributed by atoms with Crippen LogP contribution in [0.15, 0.2) is 50.5 Å². The van der Waals surface area contributed by atoms with Crippen molar-refractivity contribution in [1.29, 1.82) is 0 Å². The lowest BCUT2D eigenvalue weighted by Gasteiger charge is -2.34. The van der Waals surface area contributed by atoms with Gasteiger partial charge in [0, 0.05) is 44.9 Å². The van der Waals surface area contributed by atoms with E-state index in [1.165, 1.54) is 21.0 Å². The van der Waals surface area contributed by atoms with Gasteiger partial charge in [-0.25, -0.2) is 13.2 Å². The number of nitrogens with zero attached hydrogens (tertiary/aromatic N) is 3. The standard InChI is InChI=1S/C21H23N3O5S/c1-14-4-6-17(15(2)12-14)20(25)23-8-10-24(11-9-23)30(27,28)16-5-7-18-19(13-16)29-21(26)22(18)3/h4-7,12-13H,8-11H2,1-3H3. The first-order valence-electron chi connectivity index (χ1n) is 9.65. The minimum Gasteiger partial charge on any atom is -0.408 e. The lowest BCUT2D eigenvalue weighted by molar-refractivity contribution is 0.0697. The minimum atomic E-state index is -3.76. The summed E-state index contributed by atoms with van der Waals surface area (Å²) in [6, 6.07) is 10.1. The fourth-order valence-corrected chi connectivity index (χ4v) is 5.22. The Balaban J connectivity index is 1.51. The van der Waals surface area contributed by atoms with E-state index in [4.69, 9.17) is 4.42 Å². The predicted molar refractivity (Wildman–Crippen MR) is 112 cm³/mol. The van der Waals surface area contributed by atoms with E-state index in [9.17, 15) is 18.0 Å². The second-order valence-corrected chi connectivity index (χ2v) is 9.51. The number of hydrogen-bond donors (Lipinski definition) is 0. The molecule has 3 aromatic rings. The first kappa shape index (κ1) is 20.4. The van der Waals surface area contributed by atoms with Crippen LogP contribution in [0.4, 0.5) is 0 Å². The van der Waals surface area contributed by atoms with Crippen molar-refractivity contribution in [3.05, 3.63) is 63.6 Å². The Morgan fingerprint density at radius 1 is 1.00 bits per heavy atom. The van der Waals surface area contributed by atoms with Crippen LogP contribution in [0.1, 0.15) is 21.5 Å². The smallest absolute Gasteiger partial charge is 0.408 e. The van der Waals surface area contributed by atoms with Crippen molar-refractivity contribution in [2.75, 3.05) is 26.2 Å². The fourth-order valence-electron chi connectivity index (χ4n) is 3.78. The molecule has 2 aromatic carbocycles. The van der Waals surface area contributed by atoms with Gasteiger partial charge in [0.25, 0.3) is 5.91 Å². The van der Waals surface area contributed by atoms with Crippen molar-refractivity contribution in [2.45, 2.75) is 18.7 Å². The van der Waals surface area contributed by atoms with Crippen molar-refractivity contribution >= 4 is 27.0 Å². The normalized spacial score (nSPS) is 15.6. The van der Waals surface area contributed by atoms with Gasteiger partial charge in [0.15, 0.2) is 5.58 Å². The first-order valence-corrected chi connectivity index (χ1v) is 11.1. The fraction of sp³-hybridized carbons (Fsp3) is 0.333. The largest absolute Gasteiger partial charge is 0.419 e. The summed E-state index contributed by atoms with van der Waals surface area (Å²) in [6.07, 6.45) is 0. The molecule has 0 N–H and O–H groups in total. The number of carbonyl (C=O) groups excluding carboxylic acids is 1. The van der Waals surface area contributed by atoms with E-state index in [2.05, 4.69) is 0 Å². The van der Waals surface area contributed by atoms with Gasteiger partial charge >= 0.3 is 5.76 Å². The van der Waals surface area contributed by atoms with Crippen molar-refractivity contribution in [2.24, 2.45) is 7.05 Å². The van der Waals surface area contributed by atoms with Gasteiger partial charge in [-0.2, -0.15) is 4.31 Å². The molecule has 8 nitrogen and oxygen atoms in total. The maximum absolute atomic E-state index is 13.1. The molecule has 0 saturated carbocycles. The molecular formula is C21H23N3O5S. The molecule has 1 saturated heterocycles. The molecular weight excluding hydrogens is 406 g/mol. The van der Waals surface area contributed by atoms with E-state index < -0.39 is 15.8 Å². The second-order valence-electron chi connectivity index (χ2n) is 7.57. The molecule has 0 spiro atoms. The SMILES string of the molecule is Cc1ccc(C(=O)N2CCN(S(=O)(=O)c3ccc4c(c3)oc(=O)n4C)CC2)c(C)c1.